The molecule has 0 fully saturated rings. The van der Waals surface area contributed by atoms with Crippen molar-refractivity contribution in [3.8, 4) is 0 Å². The normalized spacial score (nSPS) is 14.2. The summed E-state index contributed by atoms with van der Waals surface area (Å²) in [6.45, 7) is 7.55. The van der Waals surface area contributed by atoms with Crippen LogP contribution in [0.2, 0.25) is 0 Å². The Hall–Kier alpha value is -0.800. The highest BCUT2D eigenvalue weighted by atomic mass is 16.3. The van der Waals surface area contributed by atoms with Crippen LogP contribution >= 0.6 is 0 Å². The van der Waals surface area contributed by atoms with Gasteiger partial charge in [0.1, 0.15) is 5.76 Å². The topological polar surface area (TPSA) is 42.4 Å². The van der Waals surface area contributed by atoms with Crippen molar-refractivity contribution in [1.29, 1.82) is 0 Å². The third-order valence-electron chi connectivity index (χ3n) is 3.23. The van der Waals surface area contributed by atoms with Crippen molar-refractivity contribution in [2.24, 2.45) is 11.1 Å². The van der Waals surface area contributed by atoms with E-state index in [1.807, 2.05) is 6.26 Å². The third kappa shape index (κ3) is 4.83. The molecule has 3 nitrogen and oxygen atoms in total. The van der Waals surface area contributed by atoms with Crippen LogP contribution in [0.5, 0.6) is 0 Å². The minimum absolute atomic E-state index is 0.0342. The molecule has 0 unspecified atom stereocenters. The maximum absolute atomic E-state index is 6.18. The van der Waals surface area contributed by atoms with Crippen molar-refractivity contribution in [2.75, 3.05) is 20.6 Å². The largest absolute Gasteiger partial charge is 0.467 e. The zero-order valence-electron chi connectivity index (χ0n) is 12.5. The Morgan fingerprint density at radius 2 is 1.94 bits per heavy atom. The molecule has 0 bridgehead atoms. The van der Waals surface area contributed by atoms with Gasteiger partial charge in [-0.25, -0.2) is 0 Å². The molecule has 1 heterocycles. The molecule has 18 heavy (non-hydrogen) atoms. The Labute approximate surface area is 111 Å². The van der Waals surface area contributed by atoms with Gasteiger partial charge in [-0.15, -0.1) is 0 Å². The Morgan fingerprint density at radius 1 is 1.28 bits per heavy atom. The predicted octanol–water partition coefficient (Wildman–Crippen LogP) is 3.21. The molecular weight excluding hydrogens is 224 g/mol. The average Bonchev–Trinajstić information content (AvgIpc) is 2.70. The molecule has 0 aromatic carbocycles. The summed E-state index contributed by atoms with van der Waals surface area (Å²) in [6, 6.07) is 2.08. The fourth-order valence-electron chi connectivity index (χ4n) is 1.87. The number of aryl methyl sites for hydroxylation is 1. The Kier molecular flexibility index (Phi) is 5.42. The first kappa shape index (κ1) is 15.3. The van der Waals surface area contributed by atoms with Gasteiger partial charge in [-0.05, 0) is 56.9 Å². The highest BCUT2D eigenvalue weighted by Crippen LogP contribution is 2.31. The molecule has 3 heteroatoms. The lowest BCUT2D eigenvalue weighted by Gasteiger charge is -2.24. The van der Waals surface area contributed by atoms with Gasteiger partial charge in [-0.1, -0.05) is 20.8 Å². The number of nitrogens with two attached hydrogens (primary N) is 1. The molecule has 0 saturated heterocycles. The van der Waals surface area contributed by atoms with Crippen molar-refractivity contribution in [2.45, 2.75) is 46.1 Å². The summed E-state index contributed by atoms with van der Waals surface area (Å²) in [6.07, 6.45) is 5.35. The van der Waals surface area contributed by atoms with E-state index in [-0.39, 0.29) is 11.5 Å². The van der Waals surface area contributed by atoms with Gasteiger partial charge in [-0.2, -0.15) is 0 Å². The Balaban J connectivity index is 2.44. The van der Waals surface area contributed by atoms with Gasteiger partial charge in [0.15, 0.2) is 0 Å². The van der Waals surface area contributed by atoms with Gasteiger partial charge in [0, 0.05) is 0 Å². The van der Waals surface area contributed by atoms with E-state index in [9.17, 15) is 0 Å². The minimum atomic E-state index is -0.0342. The molecule has 0 radical (unpaired) electrons. The van der Waals surface area contributed by atoms with Crippen LogP contribution in [0.1, 0.15) is 51.0 Å². The summed E-state index contributed by atoms with van der Waals surface area (Å²) < 4.78 is 5.60. The van der Waals surface area contributed by atoms with E-state index in [1.165, 1.54) is 18.4 Å². The van der Waals surface area contributed by atoms with Crippen molar-refractivity contribution in [3.05, 3.63) is 23.7 Å². The number of nitrogens with zero attached hydrogens (tertiary/aromatic N) is 1. The summed E-state index contributed by atoms with van der Waals surface area (Å²) in [5.41, 5.74) is 7.49. The van der Waals surface area contributed by atoms with Crippen LogP contribution in [-0.4, -0.2) is 25.5 Å². The quantitative estimate of drug-likeness (QED) is 0.791. The Morgan fingerprint density at radius 3 is 2.50 bits per heavy atom. The molecule has 1 atom stereocenters. The number of furan rings is 1. The Bertz CT molecular complexity index is 350. The summed E-state index contributed by atoms with van der Waals surface area (Å²) in [7, 11) is 4.22. The van der Waals surface area contributed by atoms with Gasteiger partial charge in [-0.3, -0.25) is 0 Å². The maximum atomic E-state index is 6.18. The highest BCUT2D eigenvalue weighted by Gasteiger charge is 2.24. The van der Waals surface area contributed by atoms with Crippen molar-refractivity contribution in [3.63, 3.8) is 0 Å². The van der Waals surface area contributed by atoms with Gasteiger partial charge in [0.2, 0.25) is 0 Å². The van der Waals surface area contributed by atoms with E-state index >= 15 is 0 Å². The van der Waals surface area contributed by atoms with E-state index in [0.717, 1.165) is 18.7 Å². The molecule has 1 rings (SSSR count). The molecule has 0 aliphatic heterocycles. The summed E-state index contributed by atoms with van der Waals surface area (Å²) in [5.74, 6) is 0.908. The minimum Gasteiger partial charge on any atom is -0.467 e. The molecule has 2 N–H and O–H groups in total. The maximum Gasteiger partial charge on any atom is 0.121 e. The van der Waals surface area contributed by atoms with E-state index in [4.69, 9.17) is 10.2 Å². The van der Waals surface area contributed by atoms with Crippen LogP contribution in [0, 0.1) is 5.41 Å². The second-order valence-electron chi connectivity index (χ2n) is 6.46. The summed E-state index contributed by atoms with van der Waals surface area (Å²) in [4.78, 5) is 2.22. The fraction of sp³-hybridized carbons (Fsp3) is 0.733. The predicted molar refractivity (Wildman–Crippen MR) is 76.6 cm³/mol. The molecule has 0 aliphatic rings. The van der Waals surface area contributed by atoms with Gasteiger partial charge in [0.25, 0.3) is 0 Å². The van der Waals surface area contributed by atoms with E-state index in [0.29, 0.717) is 0 Å². The number of hydrogen-bond acceptors (Lipinski definition) is 3. The molecule has 0 saturated carbocycles. The number of rotatable bonds is 6. The first-order chi connectivity index (χ1) is 8.30. The third-order valence-corrected chi connectivity index (χ3v) is 3.23. The van der Waals surface area contributed by atoms with Crippen molar-refractivity contribution >= 4 is 0 Å². The van der Waals surface area contributed by atoms with Gasteiger partial charge >= 0.3 is 0 Å². The number of hydrogen-bond donors (Lipinski definition) is 1. The first-order valence-corrected chi connectivity index (χ1v) is 6.78. The summed E-state index contributed by atoms with van der Waals surface area (Å²) >= 11 is 0. The van der Waals surface area contributed by atoms with Crippen LogP contribution < -0.4 is 5.73 Å². The van der Waals surface area contributed by atoms with Crippen LogP contribution in [0.25, 0.3) is 0 Å². The standard InChI is InChI=1S/C15H28N2O/c1-15(2,3)14(16)13-10-12(11-18-13)8-6-7-9-17(4)5/h10-11,14H,6-9,16H2,1-5H3/t14-/m0/s1. The molecule has 0 spiro atoms. The smallest absolute Gasteiger partial charge is 0.121 e. The van der Waals surface area contributed by atoms with Crippen molar-refractivity contribution < 1.29 is 4.42 Å². The summed E-state index contributed by atoms with van der Waals surface area (Å²) in [5, 5.41) is 0. The first-order valence-electron chi connectivity index (χ1n) is 6.78. The lowest BCUT2D eigenvalue weighted by Crippen LogP contribution is -2.25. The zero-order chi connectivity index (χ0) is 13.8. The highest BCUT2D eigenvalue weighted by molar-refractivity contribution is 5.16. The van der Waals surface area contributed by atoms with E-state index in [2.05, 4.69) is 45.8 Å². The van der Waals surface area contributed by atoms with Crippen LogP contribution in [0.3, 0.4) is 0 Å². The van der Waals surface area contributed by atoms with E-state index < -0.39 is 0 Å². The second-order valence-corrected chi connectivity index (χ2v) is 6.46. The molecule has 0 aliphatic carbocycles. The average molecular weight is 252 g/mol. The lowest BCUT2D eigenvalue weighted by atomic mass is 9.86. The molecule has 1 aromatic rings. The van der Waals surface area contributed by atoms with Gasteiger partial charge < -0.3 is 15.1 Å². The van der Waals surface area contributed by atoms with Crippen molar-refractivity contribution in [1.82, 2.24) is 4.90 Å². The molecular formula is C15H28N2O. The molecule has 1 aromatic heterocycles. The SMILES string of the molecule is CN(C)CCCCc1coc([C@H](N)C(C)(C)C)c1. The van der Waals surface area contributed by atoms with Crippen LogP contribution in [0.15, 0.2) is 16.7 Å². The van der Waals surface area contributed by atoms with Crippen LogP contribution in [-0.2, 0) is 6.42 Å². The second kappa shape index (κ2) is 6.39. The molecule has 0 amide bonds. The fourth-order valence-corrected chi connectivity index (χ4v) is 1.87. The zero-order valence-corrected chi connectivity index (χ0v) is 12.5. The monoisotopic (exact) mass is 252 g/mol. The van der Waals surface area contributed by atoms with E-state index in [1.54, 1.807) is 0 Å². The van der Waals surface area contributed by atoms with Gasteiger partial charge in [0.05, 0.1) is 12.3 Å². The number of unbranched alkanes of at least 4 members (excludes halogenated alkanes) is 1. The molecule has 104 valence electrons. The van der Waals surface area contributed by atoms with Crippen LogP contribution in [0.4, 0.5) is 0 Å². The lowest BCUT2D eigenvalue weighted by molar-refractivity contribution is 0.285.